The van der Waals surface area contributed by atoms with Crippen LogP contribution in [0, 0.1) is 0 Å². The highest BCUT2D eigenvalue weighted by Gasteiger charge is 2.11. The summed E-state index contributed by atoms with van der Waals surface area (Å²) in [4.78, 5) is 16.0. The molecule has 0 saturated heterocycles. The van der Waals surface area contributed by atoms with Gasteiger partial charge in [-0.2, -0.15) is 5.10 Å². The summed E-state index contributed by atoms with van der Waals surface area (Å²) in [6.07, 6.45) is 3.24. The van der Waals surface area contributed by atoms with Crippen molar-refractivity contribution < 1.29 is 5.21 Å². The number of aromatic nitrogens is 4. The summed E-state index contributed by atoms with van der Waals surface area (Å²) < 4.78 is 0.567. The second-order valence-corrected chi connectivity index (χ2v) is 5.13. The van der Waals surface area contributed by atoms with Crippen LogP contribution in [-0.4, -0.2) is 25.1 Å². The van der Waals surface area contributed by atoms with Crippen molar-refractivity contribution in [2.75, 3.05) is 0 Å². The number of nitrogens with zero attached hydrogens (tertiary/aromatic N) is 3. The lowest BCUT2D eigenvalue weighted by molar-refractivity contribution is 0.187. The zero-order chi connectivity index (χ0) is 15.8. The third kappa shape index (κ3) is 2.17. The van der Waals surface area contributed by atoms with Crippen molar-refractivity contribution in [2.45, 2.75) is 0 Å². The maximum Gasteiger partial charge on any atom is 0.285 e. The number of hydrogen-bond donors (Lipinski definition) is 2. The van der Waals surface area contributed by atoms with E-state index in [9.17, 15) is 10.0 Å². The van der Waals surface area contributed by atoms with Gasteiger partial charge >= 0.3 is 0 Å². The third-order valence-electron chi connectivity index (χ3n) is 3.76. The molecule has 0 saturated carbocycles. The minimum absolute atomic E-state index is 0.243. The minimum Gasteiger partial charge on any atom is -0.423 e. The van der Waals surface area contributed by atoms with Crippen molar-refractivity contribution in [1.29, 1.82) is 0 Å². The number of nitrogens with one attached hydrogen (secondary N) is 1. The first-order valence-corrected chi connectivity index (χ1v) is 7.04. The maximum atomic E-state index is 11.9. The fourth-order valence-electron chi connectivity index (χ4n) is 2.63. The zero-order valence-electron chi connectivity index (χ0n) is 12.0. The number of hydrogen-bond acceptors (Lipinski definition) is 4. The summed E-state index contributed by atoms with van der Waals surface area (Å²) in [6, 6.07) is 14.7. The van der Waals surface area contributed by atoms with E-state index in [4.69, 9.17) is 0 Å². The van der Waals surface area contributed by atoms with Crippen molar-refractivity contribution in [3.05, 3.63) is 71.3 Å². The number of aromatic amines is 1. The average molecular weight is 304 g/mol. The smallest absolute Gasteiger partial charge is 0.285 e. The van der Waals surface area contributed by atoms with Crippen LogP contribution < -0.4 is 5.56 Å². The van der Waals surface area contributed by atoms with E-state index < -0.39 is 5.56 Å². The zero-order valence-corrected chi connectivity index (χ0v) is 12.0. The quantitative estimate of drug-likeness (QED) is 0.558. The molecule has 0 unspecified atom stereocenters. The number of rotatable bonds is 2. The topological polar surface area (TPSA) is 83.8 Å². The molecule has 0 aliphatic carbocycles. The Morgan fingerprint density at radius 3 is 2.52 bits per heavy atom. The second kappa shape index (κ2) is 5.10. The molecule has 0 fully saturated rings. The van der Waals surface area contributed by atoms with Crippen LogP contribution in [0.1, 0.15) is 0 Å². The normalized spacial score (nSPS) is 11.0. The molecule has 0 atom stereocenters. The van der Waals surface area contributed by atoms with E-state index in [0.29, 0.717) is 10.1 Å². The van der Waals surface area contributed by atoms with Gasteiger partial charge in [-0.3, -0.25) is 9.89 Å². The summed E-state index contributed by atoms with van der Waals surface area (Å²) in [6.45, 7) is 0. The summed E-state index contributed by atoms with van der Waals surface area (Å²) in [5, 5.41) is 17.4. The average Bonchev–Trinajstić information content (AvgIpc) is 3.13. The molecule has 0 spiro atoms. The van der Waals surface area contributed by atoms with Crippen LogP contribution in [0.2, 0.25) is 0 Å². The van der Waals surface area contributed by atoms with Gasteiger partial charge in [0.05, 0.1) is 5.69 Å². The van der Waals surface area contributed by atoms with E-state index in [0.717, 1.165) is 22.4 Å². The van der Waals surface area contributed by atoms with E-state index in [1.165, 1.54) is 6.07 Å². The largest absolute Gasteiger partial charge is 0.423 e. The molecule has 6 nitrogen and oxygen atoms in total. The molecule has 0 aliphatic heterocycles. The molecule has 0 amide bonds. The molecule has 2 N–H and O–H groups in total. The Balaban J connectivity index is 1.90. The van der Waals surface area contributed by atoms with E-state index in [-0.39, 0.29) is 5.65 Å². The van der Waals surface area contributed by atoms with Gasteiger partial charge in [0.1, 0.15) is 0 Å². The SMILES string of the molecule is O=c1cc(-c2ccc(-c3ccn[nH]3)cc2)c2cccnc2n1O. The molecular formula is C17H12N4O2. The van der Waals surface area contributed by atoms with Crippen molar-refractivity contribution in [3.63, 3.8) is 0 Å². The van der Waals surface area contributed by atoms with Gasteiger partial charge in [-0.1, -0.05) is 24.3 Å². The predicted molar refractivity (Wildman–Crippen MR) is 86.2 cm³/mol. The molecule has 0 bridgehead atoms. The molecule has 0 aliphatic rings. The van der Waals surface area contributed by atoms with Crippen molar-refractivity contribution >= 4 is 11.0 Å². The molecule has 4 aromatic rings. The van der Waals surface area contributed by atoms with Gasteiger partial charge in [-0.05, 0) is 34.9 Å². The maximum absolute atomic E-state index is 11.9. The fraction of sp³-hybridized carbons (Fsp3) is 0. The van der Waals surface area contributed by atoms with Crippen molar-refractivity contribution in [3.8, 4) is 22.4 Å². The van der Waals surface area contributed by atoms with Gasteiger partial charge in [0, 0.05) is 23.8 Å². The Labute approximate surface area is 130 Å². The summed E-state index contributed by atoms with van der Waals surface area (Å²) >= 11 is 0. The van der Waals surface area contributed by atoms with Gasteiger partial charge in [0.2, 0.25) is 0 Å². The van der Waals surface area contributed by atoms with Crippen LogP contribution in [0.4, 0.5) is 0 Å². The standard InChI is InChI=1S/C17H12N4O2/c22-16-10-14(13-2-1-8-18-17(13)21(16)23)11-3-5-12(6-4-11)15-7-9-19-20-15/h1-10,23H,(H,19,20). The molecule has 4 rings (SSSR count). The molecular weight excluding hydrogens is 292 g/mol. The molecule has 3 aromatic heterocycles. The predicted octanol–water partition coefficient (Wildman–Crippen LogP) is 2.69. The molecule has 0 radical (unpaired) electrons. The molecule has 3 heterocycles. The molecule has 112 valence electrons. The van der Waals surface area contributed by atoms with Gasteiger partial charge < -0.3 is 5.21 Å². The summed E-state index contributed by atoms with van der Waals surface area (Å²) in [5.74, 6) is 0. The van der Waals surface area contributed by atoms with Crippen LogP contribution in [0.5, 0.6) is 0 Å². The van der Waals surface area contributed by atoms with Gasteiger partial charge in [-0.25, -0.2) is 4.98 Å². The highest BCUT2D eigenvalue weighted by molar-refractivity contribution is 5.92. The van der Waals surface area contributed by atoms with Crippen LogP contribution in [-0.2, 0) is 0 Å². The van der Waals surface area contributed by atoms with Gasteiger partial charge in [-0.15, -0.1) is 4.73 Å². The first-order valence-electron chi connectivity index (χ1n) is 7.04. The van der Waals surface area contributed by atoms with Crippen molar-refractivity contribution in [2.24, 2.45) is 0 Å². The van der Waals surface area contributed by atoms with Crippen molar-refractivity contribution in [1.82, 2.24) is 19.9 Å². The highest BCUT2D eigenvalue weighted by atomic mass is 16.5. The fourth-order valence-corrected chi connectivity index (χ4v) is 2.63. The number of pyridine rings is 2. The van der Waals surface area contributed by atoms with Crippen LogP contribution in [0.25, 0.3) is 33.4 Å². The van der Waals surface area contributed by atoms with E-state index in [2.05, 4.69) is 15.2 Å². The Kier molecular flexibility index (Phi) is 2.94. The molecule has 1 aromatic carbocycles. The van der Waals surface area contributed by atoms with Crippen LogP contribution >= 0.6 is 0 Å². The Morgan fingerprint density at radius 2 is 1.78 bits per heavy atom. The molecule has 6 heteroatoms. The lowest BCUT2D eigenvalue weighted by atomic mass is 10.0. The van der Waals surface area contributed by atoms with Crippen LogP contribution in [0.3, 0.4) is 0 Å². The van der Waals surface area contributed by atoms with E-state index in [1.54, 1.807) is 18.5 Å². The first kappa shape index (κ1) is 13.3. The van der Waals surface area contributed by atoms with E-state index >= 15 is 0 Å². The Morgan fingerprint density at radius 1 is 1.00 bits per heavy atom. The van der Waals surface area contributed by atoms with E-state index in [1.807, 2.05) is 36.4 Å². The lowest BCUT2D eigenvalue weighted by Crippen LogP contribution is -2.18. The second-order valence-electron chi connectivity index (χ2n) is 5.13. The lowest BCUT2D eigenvalue weighted by Gasteiger charge is -2.09. The number of H-pyrrole nitrogens is 1. The summed E-state index contributed by atoms with van der Waals surface area (Å²) in [5.41, 5.74) is 3.28. The third-order valence-corrected chi connectivity index (χ3v) is 3.76. The number of fused-ring (bicyclic) bond motifs is 1. The van der Waals surface area contributed by atoms with Gasteiger partial charge in [0.25, 0.3) is 5.56 Å². The van der Waals surface area contributed by atoms with Gasteiger partial charge in [0.15, 0.2) is 5.65 Å². The van der Waals surface area contributed by atoms with Crippen LogP contribution in [0.15, 0.2) is 65.7 Å². The first-order chi connectivity index (χ1) is 11.2. The minimum atomic E-state index is -0.510. The monoisotopic (exact) mass is 304 g/mol. The Bertz CT molecular complexity index is 1030. The molecule has 23 heavy (non-hydrogen) atoms. The number of benzene rings is 1. The highest BCUT2D eigenvalue weighted by Crippen LogP contribution is 2.27. The Hall–Kier alpha value is -3.41. The summed E-state index contributed by atoms with van der Waals surface area (Å²) in [7, 11) is 0.